The van der Waals surface area contributed by atoms with Gasteiger partial charge in [-0.25, -0.2) is 13.2 Å². The maximum Gasteiger partial charge on any atom is 0.415 e. The van der Waals surface area contributed by atoms with Crippen LogP contribution in [-0.4, -0.2) is 26.3 Å². The fraction of sp³-hybridized carbons (Fsp3) is 0.167. The first-order valence-electron chi connectivity index (χ1n) is 7.61. The van der Waals surface area contributed by atoms with Crippen LogP contribution < -0.4 is 4.90 Å². The van der Waals surface area contributed by atoms with Crippen LogP contribution in [0.3, 0.4) is 0 Å². The Bertz CT molecular complexity index is 879. The van der Waals surface area contributed by atoms with Gasteiger partial charge in [0.25, 0.3) is 0 Å². The number of hydrogen-bond acceptors (Lipinski definition) is 4. The van der Waals surface area contributed by atoms with Gasteiger partial charge in [-0.15, -0.1) is 0 Å². The highest BCUT2D eigenvalue weighted by Crippen LogP contribution is 2.25. The van der Waals surface area contributed by atoms with Crippen molar-refractivity contribution in [1.29, 1.82) is 0 Å². The smallest absolute Gasteiger partial charge is 0.415 e. The molecule has 0 N–H and O–H groups in total. The summed E-state index contributed by atoms with van der Waals surface area (Å²) in [7, 11) is -3.30. The summed E-state index contributed by atoms with van der Waals surface area (Å²) in [6.45, 7) is 0.121. The first-order valence-corrected chi connectivity index (χ1v) is 10.1. The van der Waals surface area contributed by atoms with Crippen molar-refractivity contribution in [2.45, 2.75) is 12.6 Å². The highest BCUT2D eigenvalue weighted by atomic mass is 79.9. The van der Waals surface area contributed by atoms with E-state index < -0.39 is 22.0 Å². The average molecular weight is 422 g/mol. The largest absolute Gasteiger partial charge is 0.444 e. The average Bonchev–Trinajstić information content (AvgIpc) is 2.95. The predicted octanol–water partition coefficient (Wildman–Crippen LogP) is 3.90. The van der Waals surface area contributed by atoms with E-state index >= 15 is 0 Å². The van der Waals surface area contributed by atoms with Crippen LogP contribution in [0, 0.1) is 0 Å². The topological polar surface area (TPSA) is 63.7 Å². The SMILES string of the molecule is O=C(OCc1ccccc1)N(c1ccc(Br)cc1)C1C=CS(=O)(=O)C1. The molecule has 0 aromatic heterocycles. The number of hydrogen-bond donors (Lipinski definition) is 0. The van der Waals surface area contributed by atoms with Crippen LogP contribution >= 0.6 is 15.9 Å². The van der Waals surface area contributed by atoms with E-state index in [0.29, 0.717) is 5.69 Å². The number of sulfone groups is 1. The molecule has 1 heterocycles. The van der Waals surface area contributed by atoms with E-state index in [1.807, 2.05) is 30.3 Å². The molecule has 25 heavy (non-hydrogen) atoms. The van der Waals surface area contributed by atoms with Crippen molar-refractivity contribution in [3.8, 4) is 0 Å². The van der Waals surface area contributed by atoms with Crippen molar-refractivity contribution < 1.29 is 17.9 Å². The van der Waals surface area contributed by atoms with E-state index in [9.17, 15) is 13.2 Å². The minimum absolute atomic E-state index is 0.121. The Hall–Kier alpha value is -2.12. The molecule has 2 aromatic rings. The molecule has 0 bridgehead atoms. The highest BCUT2D eigenvalue weighted by Gasteiger charge is 2.32. The zero-order chi connectivity index (χ0) is 17.9. The third-order valence-corrected chi connectivity index (χ3v) is 5.66. The van der Waals surface area contributed by atoms with Crippen LogP contribution in [0.25, 0.3) is 0 Å². The lowest BCUT2D eigenvalue weighted by Gasteiger charge is -2.27. The van der Waals surface area contributed by atoms with Gasteiger partial charge >= 0.3 is 6.09 Å². The Kier molecular flexibility index (Phi) is 5.24. The quantitative estimate of drug-likeness (QED) is 0.750. The zero-order valence-electron chi connectivity index (χ0n) is 13.2. The molecule has 1 aliphatic rings. The molecule has 0 aliphatic carbocycles. The summed E-state index contributed by atoms with van der Waals surface area (Å²) in [5.41, 5.74) is 1.44. The monoisotopic (exact) mass is 421 g/mol. The molecule has 130 valence electrons. The summed E-state index contributed by atoms with van der Waals surface area (Å²) >= 11 is 3.35. The van der Waals surface area contributed by atoms with Crippen LogP contribution in [0.4, 0.5) is 10.5 Å². The second-order valence-corrected chi connectivity index (χ2v) is 8.46. The van der Waals surface area contributed by atoms with E-state index in [1.165, 1.54) is 11.0 Å². The Morgan fingerprint density at radius 3 is 2.40 bits per heavy atom. The number of nitrogens with zero attached hydrogens (tertiary/aromatic N) is 1. The maximum atomic E-state index is 12.7. The molecule has 1 unspecified atom stereocenters. The van der Waals surface area contributed by atoms with Crippen LogP contribution in [0.1, 0.15) is 5.56 Å². The summed E-state index contributed by atoms with van der Waals surface area (Å²) < 4.78 is 29.8. The summed E-state index contributed by atoms with van der Waals surface area (Å²) in [6, 6.07) is 15.8. The van der Waals surface area contributed by atoms with Gasteiger partial charge in [0.15, 0.2) is 9.84 Å². The van der Waals surface area contributed by atoms with Gasteiger partial charge in [0, 0.05) is 15.6 Å². The summed E-state index contributed by atoms with van der Waals surface area (Å²) in [4.78, 5) is 14.0. The van der Waals surface area contributed by atoms with Gasteiger partial charge in [-0.2, -0.15) is 0 Å². The number of amides is 1. The summed E-state index contributed by atoms with van der Waals surface area (Å²) in [6.07, 6.45) is 0.930. The first kappa shape index (κ1) is 17.7. The van der Waals surface area contributed by atoms with Crippen molar-refractivity contribution in [2.24, 2.45) is 0 Å². The number of carbonyl (C=O) groups is 1. The molecule has 1 atom stereocenters. The van der Waals surface area contributed by atoms with Gasteiger partial charge in [0.1, 0.15) is 6.61 Å². The molecule has 2 aromatic carbocycles. The maximum absolute atomic E-state index is 12.7. The van der Waals surface area contributed by atoms with Crippen molar-refractivity contribution in [3.63, 3.8) is 0 Å². The Morgan fingerprint density at radius 1 is 1.12 bits per heavy atom. The predicted molar refractivity (Wildman–Crippen MR) is 100.0 cm³/mol. The number of ether oxygens (including phenoxy) is 1. The molecule has 5 nitrogen and oxygen atoms in total. The lowest BCUT2D eigenvalue weighted by molar-refractivity contribution is 0.146. The number of halogens is 1. The summed E-state index contributed by atoms with van der Waals surface area (Å²) in [5.74, 6) is -0.149. The fourth-order valence-corrected chi connectivity index (χ4v) is 4.08. The number of benzene rings is 2. The van der Waals surface area contributed by atoms with Gasteiger partial charge in [-0.1, -0.05) is 46.3 Å². The second kappa shape index (κ2) is 7.41. The van der Waals surface area contributed by atoms with E-state index in [0.717, 1.165) is 15.4 Å². The fourth-order valence-electron chi connectivity index (χ4n) is 2.54. The molecule has 0 radical (unpaired) electrons. The van der Waals surface area contributed by atoms with Crippen LogP contribution in [0.5, 0.6) is 0 Å². The van der Waals surface area contributed by atoms with Crippen molar-refractivity contribution >= 4 is 37.5 Å². The number of anilines is 1. The molecule has 0 saturated heterocycles. The van der Waals surface area contributed by atoms with E-state index in [4.69, 9.17) is 4.74 Å². The van der Waals surface area contributed by atoms with E-state index in [2.05, 4.69) is 15.9 Å². The molecule has 0 saturated carbocycles. The molecular formula is C18H16BrNO4S. The standard InChI is InChI=1S/C18H16BrNO4S/c19-15-6-8-16(9-7-15)20(17-10-11-25(22,23)13-17)18(21)24-12-14-4-2-1-3-5-14/h1-11,17H,12-13H2. The molecule has 1 aliphatic heterocycles. The minimum atomic E-state index is -3.30. The van der Waals surface area contributed by atoms with Gasteiger partial charge < -0.3 is 4.74 Å². The van der Waals surface area contributed by atoms with Gasteiger partial charge in [0.05, 0.1) is 11.8 Å². The summed E-state index contributed by atoms with van der Waals surface area (Å²) in [5, 5.41) is 1.15. The molecule has 1 amide bonds. The molecule has 3 rings (SSSR count). The molecule has 0 spiro atoms. The van der Waals surface area contributed by atoms with Crippen LogP contribution in [0.2, 0.25) is 0 Å². The molecular weight excluding hydrogens is 406 g/mol. The third-order valence-electron chi connectivity index (χ3n) is 3.75. The second-order valence-electron chi connectivity index (χ2n) is 5.61. The zero-order valence-corrected chi connectivity index (χ0v) is 15.6. The van der Waals surface area contributed by atoms with Gasteiger partial charge in [-0.05, 0) is 35.9 Å². The first-order chi connectivity index (χ1) is 11.9. The highest BCUT2D eigenvalue weighted by molar-refractivity contribution is 9.10. The number of carbonyl (C=O) groups excluding carboxylic acids is 1. The van der Waals surface area contributed by atoms with Crippen LogP contribution in [0.15, 0.2) is 70.6 Å². The Morgan fingerprint density at radius 2 is 1.80 bits per heavy atom. The number of rotatable bonds is 4. The minimum Gasteiger partial charge on any atom is -0.444 e. The van der Waals surface area contributed by atoms with Gasteiger partial charge in [0.2, 0.25) is 0 Å². The van der Waals surface area contributed by atoms with Gasteiger partial charge in [-0.3, -0.25) is 4.90 Å². The molecule has 7 heteroatoms. The van der Waals surface area contributed by atoms with Crippen LogP contribution in [-0.2, 0) is 21.2 Å². The third kappa shape index (κ3) is 4.49. The van der Waals surface area contributed by atoms with E-state index in [1.54, 1.807) is 24.3 Å². The van der Waals surface area contributed by atoms with E-state index in [-0.39, 0.29) is 12.4 Å². The van der Waals surface area contributed by atoms with Crippen molar-refractivity contribution in [3.05, 3.63) is 76.1 Å². The molecule has 0 fully saturated rings. The normalized spacial score (nSPS) is 18.0. The van der Waals surface area contributed by atoms with Crippen molar-refractivity contribution in [2.75, 3.05) is 10.7 Å². The Balaban J connectivity index is 1.82. The lowest BCUT2D eigenvalue weighted by Crippen LogP contribution is -2.41. The lowest BCUT2D eigenvalue weighted by atomic mass is 10.2. The Labute approximate surface area is 155 Å². The van der Waals surface area contributed by atoms with Crippen molar-refractivity contribution in [1.82, 2.24) is 0 Å².